The van der Waals surface area contributed by atoms with Crippen molar-refractivity contribution in [3.8, 4) is 0 Å². The number of thiophene rings is 1. The Morgan fingerprint density at radius 1 is 1.40 bits per heavy atom. The fraction of sp³-hybridized carbons (Fsp3) is 0.200. The molecule has 2 rings (SSSR count). The van der Waals surface area contributed by atoms with Gasteiger partial charge in [-0.2, -0.15) is 0 Å². The highest BCUT2D eigenvalue weighted by atomic mass is 79.9. The molecule has 2 N–H and O–H groups in total. The van der Waals surface area contributed by atoms with Gasteiger partial charge < -0.3 is 5.73 Å². The summed E-state index contributed by atoms with van der Waals surface area (Å²) >= 11 is 5.08. The Hall–Kier alpha value is -0.780. The Bertz CT molecular complexity index is 452. The van der Waals surface area contributed by atoms with Gasteiger partial charge in [0.2, 0.25) is 0 Å². The fourth-order valence-corrected chi connectivity index (χ4v) is 2.86. The third-order valence-electron chi connectivity index (χ3n) is 2.05. The molecule has 0 aliphatic rings. The Morgan fingerprint density at radius 3 is 2.73 bits per heavy atom. The van der Waals surface area contributed by atoms with E-state index in [1.165, 1.54) is 0 Å². The first-order chi connectivity index (χ1) is 7.18. The van der Waals surface area contributed by atoms with Gasteiger partial charge in [-0.25, -0.2) is 0 Å². The van der Waals surface area contributed by atoms with Crippen LogP contribution in [-0.4, -0.2) is 9.97 Å². The van der Waals surface area contributed by atoms with E-state index in [9.17, 15) is 0 Å². The van der Waals surface area contributed by atoms with Crippen molar-refractivity contribution in [2.75, 3.05) is 0 Å². The van der Waals surface area contributed by atoms with Gasteiger partial charge in [0, 0.05) is 15.5 Å². The summed E-state index contributed by atoms with van der Waals surface area (Å²) in [6, 6.07) is 1.79. The van der Waals surface area contributed by atoms with Crippen molar-refractivity contribution in [2.24, 2.45) is 5.73 Å². The van der Waals surface area contributed by atoms with Gasteiger partial charge in [-0.05, 0) is 34.3 Å². The summed E-state index contributed by atoms with van der Waals surface area (Å²) in [6.07, 6.45) is 3.46. The quantitative estimate of drug-likeness (QED) is 0.922. The molecule has 0 saturated heterocycles. The molecule has 1 atom stereocenters. The van der Waals surface area contributed by atoms with E-state index in [1.807, 2.05) is 18.4 Å². The second-order valence-electron chi connectivity index (χ2n) is 3.19. The minimum Gasteiger partial charge on any atom is -0.318 e. The van der Waals surface area contributed by atoms with Crippen molar-refractivity contribution in [1.82, 2.24) is 9.97 Å². The average molecular weight is 284 g/mol. The van der Waals surface area contributed by atoms with Crippen molar-refractivity contribution >= 4 is 27.3 Å². The Balaban J connectivity index is 2.32. The van der Waals surface area contributed by atoms with Crippen LogP contribution in [0.25, 0.3) is 0 Å². The maximum absolute atomic E-state index is 6.09. The van der Waals surface area contributed by atoms with Crippen LogP contribution < -0.4 is 5.73 Å². The second-order valence-corrected chi connectivity index (χ2v) is 5.00. The maximum atomic E-state index is 6.09. The van der Waals surface area contributed by atoms with Gasteiger partial charge >= 0.3 is 0 Å². The molecule has 0 saturated carbocycles. The molecule has 0 aliphatic heterocycles. The summed E-state index contributed by atoms with van der Waals surface area (Å²) in [4.78, 5) is 9.54. The highest BCUT2D eigenvalue weighted by Crippen LogP contribution is 2.30. The van der Waals surface area contributed by atoms with E-state index in [4.69, 9.17) is 5.73 Å². The normalized spacial score (nSPS) is 12.7. The van der Waals surface area contributed by atoms with Crippen LogP contribution in [0.3, 0.4) is 0 Å². The Morgan fingerprint density at radius 2 is 2.20 bits per heavy atom. The lowest BCUT2D eigenvalue weighted by Crippen LogP contribution is -2.13. The van der Waals surface area contributed by atoms with Crippen molar-refractivity contribution in [3.05, 3.63) is 44.6 Å². The van der Waals surface area contributed by atoms with Crippen molar-refractivity contribution < 1.29 is 0 Å². The molecule has 78 valence electrons. The zero-order valence-electron chi connectivity index (χ0n) is 8.14. The van der Waals surface area contributed by atoms with E-state index in [-0.39, 0.29) is 6.04 Å². The van der Waals surface area contributed by atoms with Gasteiger partial charge in [-0.3, -0.25) is 9.97 Å². The standard InChI is InChI=1S/C10H10BrN3S/c1-6-4-14-8(5-13-6)9(12)10-7(11)2-3-15-10/h2-5,9H,12H2,1H3. The van der Waals surface area contributed by atoms with Gasteiger partial charge in [0.25, 0.3) is 0 Å². The van der Waals surface area contributed by atoms with Crippen LogP contribution in [-0.2, 0) is 0 Å². The molecule has 0 aliphatic carbocycles. The van der Waals surface area contributed by atoms with E-state index in [0.717, 1.165) is 20.7 Å². The number of hydrogen-bond donors (Lipinski definition) is 1. The number of aryl methyl sites for hydroxylation is 1. The minimum absolute atomic E-state index is 0.201. The number of halogens is 1. The molecule has 0 bridgehead atoms. The third-order valence-corrected chi connectivity index (χ3v) is 4.00. The topological polar surface area (TPSA) is 51.8 Å². The molecular formula is C10H10BrN3S. The van der Waals surface area contributed by atoms with E-state index in [1.54, 1.807) is 23.7 Å². The summed E-state index contributed by atoms with van der Waals surface area (Å²) in [5, 5.41) is 2.00. The van der Waals surface area contributed by atoms with Crippen LogP contribution in [0, 0.1) is 6.92 Å². The van der Waals surface area contributed by atoms with Crippen LogP contribution in [0.1, 0.15) is 22.3 Å². The summed E-state index contributed by atoms with van der Waals surface area (Å²) < 4.78 is 1.03. The summed E-state index contributed by atoms with van der Waals surface area (Å²) in [7, 11) is 0. The van der Waals surface area contributed by atoms with Crippen LogP contribution in [0.2, 0.25) is 0 Å². The summed E-state index contributed by atoms with van der Waals surface area (Å²) in [6.45, 7) is 1.91. The van der Waals surface area contributed by atoms with Crippen molar-refractivity contribution in [2.45, 2.75) is 13.0 Å². The molecule has 1 unspecified atom stereocenters. The van der Waals surface area contributed by atoms with E-state index >= 15 is 0 Å². The second kappa shape index (κ2) is 4.38. The zero-order valence-corrected chi connectivity index (χ0v) is 10.5. The Labute approximate surface area is 101 Å². The van der Waals surface area contributed by atoms with Gasteiger partial charge in [0.15, 0.2) is 0 Å². The molecule has 15 heavy (non-hydrogen) atoms. The summed E-state index contributed by atoms with van der Waals surface area (Å²) in [5.74, 6) is 0. The van der Waals surface area contributed by atoms with Crippen LogP contribution in [0.5, 0.6) is 0 Å². The lowest BCUT2D eigenvalue weighted by atomic mass is 10.2. The van der Waals surface area contributed by atoms with Gasteiger partial charge in [0.1, 0.15) is 0 Å². The molecule has 0 radical (unpaired) electrons. The lowest BCUT2D eigenvalue weighted by molar-refractivity contribution is 0.826. The predicted molar refractivity (Wildman–Crippen MR) is 64.8 cm³/mol. The number of nitrogens with zero attached hydrogens (tertiary/aromatic N) is 2. The van der Waals surface area contributed by atoms with Crippen molar-refractivity contribution in [3.63, 3.8) is 0 Å². The lowest BCUT2D eigenvalue weighted by Gasteiger charge is -2.09. The van der Waals surface area contributed by atoms with Crippen LogP contribution in [0.15, 0.2) is 28.3 Å². The first-order valence-corrected chi connectivity index (χ1v) is 6.13. The molecule has 2 heterocycles. The first-order valence-electron chi connectivity index (χ1n) is 4.45. The maximum Gasteiger partial charge on any atom is 0.0847 e. The number of rotatable bonds is 2. The SMILES string of the molecule is Cc1cnc(C(N)c2sccc2Br)cn1. The summed E-state index contributed by atoms with van der Waals surface area (Å²) in [5.41, 5.74) is 7.78. The number of nitrogens with two attached hydrogens (primary N) is 1. The monoisotopic (exact) mass is 283 g/mol. The zero-order chi connectivity index (χ0) is 10.8. The van der Waals surface area contributed by atoms with Gasteiger partial charge in [0.05, 0.1) is 23.6 Å². The highest BCUT2D eigenvalue weighted by molar-refractivity contribution is 9.10. The molecular weight excluding hydrogens is 274 g/mol. The van der Waals surface area contributed by atoms with Crippen molar-refractivity contribution in [1.29, 1.82) is 0 Å². The number of aromatic nitrogens is 2. The fourth-order valence-electron chi connectivity index (χ4n) is 1.22. The van der Waals surface area contributed by atoms with Gasteiger partial charge in [-0.1, -0.05) is 0 Å². The van der Waals surface area contributed by atoms with Crippen LogP contribution >= 0.6 is 27.3 Å². The first kappa shape index (κ1) is 10.7. The number of hydrogen-bond acceptors (Lipinski definition) is 4. The Kier molecular flexibility index (Phi) is 3.14. The highest BCUT2D eigenvalue weighted by Gasteiger charge is 2.14. The predicted octanol–water partition coefficient (Wildman–Crippen LogP) is 2.66. The van der Waals surface area contributed by atoms with E-state index in [2.05, 4.69) is 25.9 Å². The average Bonchev–Trinajstić information content (AvgIpc) is 2.65. The molecule has 3 nitrogen and oxygen atoms in total. The third kappa shape index (κ3) is 2.25. The smallest absolute Gasteiger partial charge is 0.0847 e. The molecule has 2 aromatic heterocycles. The molecule has 2 aromatic rings. The molecule has 0 spiro atoms. The van der Waals surface area contributed by atoms with Gasteiger partial charge in [-0.15, -0.1) is 11.3 Å². The molecule has 0 amide bonds. The minimum atomic E-state index is -0.201. The molecule has 5 heteroatoms. The largest absolute Gasteiger partial charge is 0.318 e. The molecule has 0 fully saturated rings. The van der Waals surface area contributed by atoms with E-state index < -0.39 is 0 Å². The molecule has 0 aromatic carbocycles. The van der Waals surface area contributed by atoms with E-state index in [0.29, 0.717) is 0 Å². The van der Waals surface area contributed by atoms with Crippen LogP contribution in [0.4, 0.5) is 0 Å².